The van der Waals surface area contributed by atoms with Crippen LogP contribution >= 0.6 is 46.9 Å². The Bertz CT molecular complexity index is 1230. The van der Waals surface area contributed by atoms with Crippen LogP contribution < -0.4 is 10.2 Å². The lowest BCUT2D eigenvalue weighted by molar-refractivity contribution is -0.122. The van der Waals surface area contributed by atoms with Crippen molar-refractivity contribution in [1.82, 2.24) is 5.32 Å². The number of carbonyl (C=O) groups is 2. The minimum absolute atomic E-state index is 0.0541. The SMILES string of the molecule is Cc1ccc(N2C(=O)/C(=C/c3ccc(Sc4ccc(Cl)cc4)s3)C(=O)NC2=S)c(C)c1. The van der Waals surface area contributed by atoms with Gasteiger partial charge in [0.25, 0.3) is 11.8 Å². The van der Waals surface area contributed by atoms with Crippen molar-refractivity contribution in [2.45, 2.75) is 23.0 Å². The molecule has 0 aliphatic carbocycles. The molecule has 0 saturated carbocycles. The van der Waals surface area contributed by atoms with Gasteiger partial charge in [-0.3, -0.25) is 19.8 Å². The van der Waals surface area contributed by atoms with E-state index in [4.69, 9.17) is 23.8 Å². The smallest absolute Gasteiger partial charge is 0.270 e. The van der Waals surface area contributed by atoms with Crippen LogP contribution in [0.15, 0.2) is 69.3 Å². The highest BCUT2D eigenvalue weighted by atomic mass is 35.5. The van der Waals surface area contributed by atoms with E-state index in [0.717, 1.165) is 25.1 Å². The van der Waals surface area contributed by atoms with Crippen LogP contribution in [-0.4, -0.2) is 16.9 Å². The van der Waals surface area contributed by atoms with Gasteiger partial charge in [0.15, 0.2) is 5.11 Å². The van der Waals surface area contributed by atoms with Crippen LogP contribution in [0.3, 0.4) is 0 Å². The van der Waals surface area contributed by atoms with Gasteiger partial charge in [0.05, 0.1) is 9.90 Å². The van der Waals surface area contributed by atoms with Gasteiger partial charge in [0.1, 0.15) is 5.57 Å². The third-order valence-electron chi connectivity index (χ3n) is 4.62. The van der Waals surface area contributed by atoms with Crippen molar-refractivity contribution in [3.05, 3.63) is 81.2 Å². The lowest BCUT2D eigenvalue weighted by atomic mass is 10.1. The molecule has 0 bridgehead atoms. The Kier molecular flexibility index (Phi) is 6.29. The zero-order chi connectivity index (χ0) is 22.1. The second kappa shape index (κ2) is 8.96. The lowest BCUT2D eigenvalue weighted by Crippen LogP contribution is -2.54. The number of amides is 2. The third-order valence-corrected chi connectivity index (χ3v) is 7.32. The van der Waals surface area contributed by atoms with Gasteiger partial charge in [-0.25, -0.2) is 0 Å². The Morgan fingerprint density at radius 3 is 2.52 bits per heavy atom. The fraction of sp³-hybridized carbons (Fsp3) is 0.0870. The number of halogens is 1. The van der Waals surface area contributed by atoms with Gasteiger partial charge in [0.2, 0.25) is 0 Å². The van der Waals surface area contributed by atoms with Crippen LogP contribution in [0.4, 0.5) is 5.69 Å². The van der Waals surface area contributed by atoms with Crippen molar-refractivity contribution in [2.24, 2.45) is 0 Å². The van der Waals surface area contributed by atoms with Crippen molar-refractivity contribution >= 4 is 75.6 Å². The molecule has 31 heavy (non-hydrogen) atoms. The number of carbonyl (C=O) groups excluding carboxylic acids is 2. The number of hydrogen-bond acceptors (Lipinski definition) is 5. The molecule has 2 aromatic carbocycles. The van der Waals surface area contributed by atoms with Crippen LogP contribution in [0.25, 0.3) is 6.08 Å². The van der Waals surface area contributed by atoms with Crippen LogP contribution in [0.1, 0.15) is 16.0 Å². The average molecular weight is 485 g/mol. The topological polar surface area (TPSA) is 49.4 Å². The highest BCUT2D eigenvalue weighted by Crippen LogP contribution is 2.35. The van der Waals surface area contributed by atoms with Crippen LogP contribution in [0, 0.1) is 13.8 Å². The summed E-state index contributed by atoms with van der Waals surface area (Å²) in [6.07, 6.45) is 1.62. The van der Waals surface area contributed by atoms with Gasteiger partial charge in [-0.1, -0.05) is 41.1 Å². The largest absolute Gasteiger partial charge is 0.298 e. The van der Waals surface area contributed by atoms with E-state index in [9.17, 15) is 9.59 Å². The highest BCUT2D eigenvalue weighted by molar-refractivity contribution is 8.01. The number of nitrogens with one attached hydrogen (secondary N) is 1. The van der Waals surface area contributed by atoms with Crippen molar-refractivity contribution < 1.29 is 9.59 Å². The van der Waals surface area contributed by atoms with Gasteiger partial charge in [-0.2, -0.15) is 0 Å². The van der Waals surface area contributed by atoms with E-state index in [0.29, 0.717) is 10.7 Å². The molecule has 0 radical (unpaired) electrons. The zero-order valence-electron chi connectivity index (χ0n) is 16.6. The molecule has 3 aromatic rings. The summed E-state index contributed by atoms with van der Waals surface area (Å²) in [4.78, 5) is 29.0. The molecule has 1 saturated heterocycles. The molecule has 8 heteroatoms. The molecule has 156 valence electrons. The molecule has 2 heterocycles. The maximum absolute atomic E-state index is 13.2. The number of aryl methyl sites for hydroxylation is 2. The van der Waals surface area contributed by atoms with E-state index in [1.807, 2.05) is 68.4 Å². The molecule has 1 fully saturated rings. The minimum atomic E-state index is -0.490. The summed E-state index contributed by atoms with van der Waals surface area (Å²) in [5, 5.41) is 3.41. The Morgan fingerprint density at radius 1 is 1.06 bits per heavy atom. The first-order valence-corrected chi connectivity index (χ1v) is 11.8. The predicted octanol–water partition coefficient (Wildman–Crippen LogP) is 6.00. The van der Waals surface area contributed by atoms with Crippen LogP contribution in [-0.2, 0) is 9.59 Å². The van der Waals surface area contributed by atoms with Crippen LogP contribution in [0.2, 0.25) is 5.02 Å². The molecule has 2 amide bonds. The number of thiophene rings is 1. The molecule has 0 atom stereocenters. The van der Waals surface area contributed by atoms with E-state index in [2.05, 4.69) is 5.32 Å². The summed E-state index contributed by atoms with van der Waals surface area (Å²) in [5.74, 6) is -0.919. The molecule has 1 aliphatic heterocycles. The predicted molar refractivity (Wildman–Crippen MR) is 132 cm³/mol. The zero-order valence-corrected chi connectivity index (χ0v) is 19.8. The molecule has 1 aromatic heterocycles. The fourth-order valence-corrected chi connectivity index (χ4v) is 5.63. The average Bonchev–Trinajstić information content (AvgIpc) is 3.15. The minimum Gasteiger partial charge on any atom is -0.298 e. The van der Waals surface area contributed by atoms with Gasteiger partial charge in [-0.05, 0) is 80.2 Å². The van der Waals surface area contributed by atoms with Crippen molar-refractivity contribution in [2.75, 3.05) is 4.90 Å². The summed E-state index contributed by atoms with van der Waals surface area (Å²) >= 11 is 14.3. The fourth-order valence-electron chi connectivity index (χ4n) is 3.16. The number of nitrogens with zero attached hydrogens (tertiary/aromatic N) is 1. The normalized spacial score (nSPS) is 15.5. The number of thiocarbonyl (C=S) groups is 1. The molecular formula is C23H17ClN2O2S3. The summed E-state index contributed by atoms with van der Waals surface area (Å²) in [7, 11) is 0. The third kappa shape index (κ3) is 4.75. The van der Waals surface area contributed by atoms with Crippen molar-refractivity contribution in [1.29, 1.82) is 0 Å². The summed E-state index contributed by atoms with van der Waals surface area (Å²) in [5.41, 5.74) is 2.71. The second-order valence-corrected chi connectivity index (χ2v) is 10.3. The molecular weight excluding hydrogens is 468 g/mol. The molecule has 1 N–H and O–H groups in total. The summed E-state index contributed by atoms with van der Waals surface area (Å²) in [6.45, 7) is 3.90. The maximum atomic E-state index is 13.2. The monoisotopic (exact) mass is 484 g/mol. The molecule has 0 unspecified atom stereocenters. The van der Waals surface area contributed by atoms with E-state index in [1.54, 1.807) is 17.8 Å². The first kappa shape index (κ1) is 21.8. The van der Waals surface area contributed by atoms with E-state index >= 15 is 0 Å². The molecule has 1 aliphatic rings. The van der Waals surface area contributed by atoms with Crippen LogP contribution in [0.5, 0.6) is 0 Å². The van der Waals surface area contributed by atoms with Crippen molar-refractivity contribution in [3.8, 4) is 0 Å². The number of benzene rings is 2. The molecule has 4 nitrogen and oxygen atoms in total. The first-order valence-electron chi connectivity index (χ1n) is 9.34. The Labute approximate surface area is 198 Å². The van der Waals surface area contributed by atoms with Gasteiger partial charge in [0, 0.05) is 14.8 Å². The Balaban J connectivity index is 1.61. The Morgan fingerprint density at radius 2 is 1.81 bits per heavy atom. The summed E-state index contributed by atoms with van der Waals surface area (Å²) in [6, 6.07) is 17.2. The summed E-state index contributed by atoms with van der Waals surface area (Å²) < 4.78 is 1.04. The number of rotatable bonds is 4. The Hall–Kier alpha value is -2.45. The first-order chi connectivity index (χ1) is 14.8. The quantitative estimate of drug-likeness (QED) is 0.280. The maximum Gasteiger partial charge on any atom is 0.270 e. The number of hydrogen-bond donors (Lipinski definition) is 1. The van der Waals surface area contributed by atoms with Gasteiger partial charge < -0.3 is 0 Å². The van der Waals surface area contributed by atoms with E-state index in [-0.39, 0.29) is 10.7 Å². The van der Waals surface area contributed by atoms with E-state index < -0.39 is 11.8 Å². The van der Waals surface area contributed by atoms with Gasteiger partial charge in [-0.15, -0.1) is 11.3 Å². The van der Waals surface area contributed by atoms with Crippen molar-refractivity contribution in [3.63, 3.8) is 0 Å². The van der Waals surface area contributed by atoms with E-state index in [1.165, 1.54) is 16.2 Å². The molecule has 4 rings (SSSR count). The standard InChI is InChI=1S/C23H17ClN2O2S3/c1-13-3-9-19(14(2)11-13)26-22(28)18(21(27)25-23(26)29)12-17-8-10-20(31-17)30-16-6-4-15(24)5-7-16/h3-12H,1-2H3,(H,25,27,29)/b18-12+. The lowest BCUT2D eigenvalue weighted by Gasteiger charge is -2.30. The van der Waals surface area contributed by atoms with Gasteiger partial charge >= 0.3 is 0 Å². The second-order valence-electron chi connectivity index (χ2n) is 6.96. The highest BCUT2D eigenvalue weighted by Gasteiger charge is 2.35. The number of anilines is 1. The molecule has 0 spiro atoms.